The fourth-order valence-corrected chi connectivity index (χ4v) is 3.77. The number of aryl methyl sites for hydroxylation is 2. The fraction of sp³-hybridized carbons (Fsp3) is 0.304. The molecule has 0 aliphatic rings. The van der Waals surface area contributed by atoms with Gasteiger partial charge in [0.1, 0.15) is 11.3 Å². The van der Waals surface area contributed by atoms with E-state index in [2.05, 4.69) is 52.9 Å². The minimum atomic E-state index is -0.226. The Morgan fingerprint density at radius 1 is 1.16 bits per heavy atom. The molecule has 160 valence electrons. The van der Waals surface area contributed by atoms with Gasteiger partial charge in [0.25, 0.3) is 5.91 Å². The van der Waals surface area contributed by atoms with Crippen molar-refractivity contribution in [3.05, 3.63) is 64.8 Å². The Labute approximate surface area is 185 Å². The van der Waals surface area contributed by atoms with Crippen LogP contribution in [0.2, 0.25) is 0 Å². The Hall–Kier alpha value is -3.26. The van der Waals surface area contributed by atoms with Crippen LogP contribution in [-0.2, 0) is 6.54 Å². The van der Waals surface area contributed by atoms with Crippen molar-refractivity contribution >= 4 is 33.5 Å². The average molecular weight is 436 g/mol. The lowest BCUT2D eigenvalue weighted by atomic mass is 10.1. The molecular formula is C23H25N5O2S. The summed E-state index contributed by atoms with van der Waals surface area (Å²) < 4.78 is 12.7. The number of fused-ring (bicyclic) bond motifs is 1. The van der Waals surface area contributed by atoms with E-state index in [1.165, 1.54) is 11.5 Å². The highest BCUT2D eigenvalue weighted by atomic mass is 32.1. The highest BCUT2D eigenvalue weighted by Gasteiger charge is 2.13. The molecule has 0 unspecified atom stereocenters. The number of ether oxygens (including phenoxy) is 1. The second-order valence-electron chi connectivity index (χ2n) is 8.05. The van der Waals surface area contributed by atoms with Crippen LogP contribution in [0.25, 0.3) is 10.2 Å². The molecule has 2 aromatic heterocycles. The molecule has 0 aliphatic heterocycles. The number of nitrogens with one attached hydrogen (secondary N) is 1. The van der Waals surface area contributed by atoms with E-state index in [1.54, 1.807) is 12.1 Å². The molecule has 0 atom stereocenters. The minimum absolute atomic E-state index is 0.226. The Bertz CT molecular complexity index is 1230. The standard InChI is InChI=1S/C23H25N5O2S/c1-14(2)13-30-20-7-5-15(3)9-18(20)12-28-16(4)10-22(26-28)24-23(29)17-6-8-21-19(11-17)25-27-31-21/h5-11,14H,12-13H2,1-4H3,(H,24,26,29). The lowest BCUT2D eigenvalue weighted by Crippen LogP contribution is -2.13. The summed E-state index contributed by atoms with van der Waals surface area (Å²) in [4.78, 5) is 12.7. The minimum Gasteiger partial charge on any atom is -0.493 e. The lowest BCUT2D eigenvalue weighted by molar-refractivity contribution is 0.102. The van der Waals surface area contributed by atoms with Crippen molar-refractivity contribution in [2.75, 3.05) is 11.9 Å². The molecule has 0 saturated carbocycles. The topological polar surface area (TPSA) is 81.9 Å². The molecule has 0 spiro atoms. The van der Waals surface area contributed by atoms with E-state index in [4.69, 9.17) is 4.74 Å². The molecule has 0 fully saturated rings. The third kappa shape index (κ3) is 4.91. The molecule has 2 heterocycles. The maximum Gasteiger partial charge on any atom is 0.256 e. The largest absolute Gasteiger partial charge is 0.493 e. The number of hydrogen-bond donors (Lipinski definition) is 1. The van der Waals surface area contributed by atoms with Gasteiger partial charge in [-0.05, 0) is 55.6 Å². The molecule has 1 amide bonds. The third-order valence-electron chi connectivity index (χ3n) is 4.84. The first kappa shape index (κ1) is 21.0. The van der Waals surface area contributed by atoms with E-state index in [-0.39, 0.29) is 5.91 Å². The summed E-state index contributed by atoms with van der Waals surface area (Å²) in [5, 5.41) is 11.5. The molecule has 0 radical (unpaired) electrons. The fourth-order valence-electron chi connectivity index (χ4n) is 3.23. The van der Waals surface area contributed by atoms with Crippen molar-refractivity contribution in [3.63, 3.8) is 0 Å². The van der Waals surface area contributed by atoms with E-state index in [9.17, 15) is 4.79 Å². The molecular weight excluding hydrogens is 410 g/mol. The number of nitrogens with zero attached hydrogens (tertiary/aromatic N) is 4. The van der Waals surface area contributed by atoms with Crippen molar-refractivity contribution in [3.8, 4) is 5.75 Å². The highest BCUT2D eigenvalue weighted by molar-refractivity contribution is 7.12. The summed E-state index contributed by atoms with van der Waals surface area (Å²) in [7, 11) is 0. The van der Waals surface area contributed by atoms with Crippen LogP contribution < -0.4 is 10.1 Å². The van der Waals surface area contributed by atoms with E-state index < -0.39 is 0 Å². The lowest BCUT2D eigenvalue weighted by Gasteiger charge is -2.14. The molecule has 0 saturated heterocycles. The molecule has 0 bridgehead atoms. The molecule has 4 rings (SSSR count). The van der Waals surface area contributed by atoms with Crippen molar-refractivity contribution < 1.29 is 9.53 Å². The predicted octanol–water partition coefficient (Wildman–Crippen LogP) is 4.84. The van der Waals surface area contributed by atoms with E-state index in [1.807, 2.05) is 29.8 Å². The molecule has 7 nitrogen and oxygen atoms in total. The Morgan fingerprint density at radius 3 is 2.81 bits per heavy atom. The summed E-state index contributed by atoms with van der Waals surface area (Å²) >= 11 is 1.31. The number of carbonyl (C=O) groups excluding carboxylic acids is 1. The first-order chi connectivity index (χ1) is 14.9. The number of aromatic nitrogens is 4. The van der Waals surface area contributed by atoms with Gasteiger partial charge in [-0.1, -0.05) is 36.0 Å². The zero-order valence-electron chi connectivity index (χ0n) is 18.0. The summed E-state index contributed by atoms with van der Waals surface area (Å²) in [6.07, 6.45) is 0. The van der Waals surface area contributed by atoms with Crippen molar-refractivity contribution in [1.82, 2.24) is 19.4 Å². The number of carbonyl (C=O) groups is 1. The second kappa shape index (κ2) is 8.85. The summed E-state index contributed by atoms with van der Waals surface area (Å²) in [6.45, 7) is 9.51. The predicted molar refractivity (Wildman–Crippen MR) is 123 cm³/mol. The van der Waals surface area contributed by atoms with Gasteiger partial charge in [0.05, 0.1) is 17.9 Å². The quantitative estimate of drug-likeness (QED) is 0.449. The average Bonchev–Trinajstić information content (AvgIpc) is 3.33. The van der Waals surface area contributed by atoms with Crippen molar-refractivity contribution in [1.29, 1.82) is 0 Å². The van der Waals surface area contributed by atoms with E-state index >= 15 is 0 Å². The van der Waals surface area contributed by atoms with E-state index in [0.29, 0.717) is 36.0 Å². The van der Waals surface area contributed by atoms with Crippen molar-refractivity contribution in [2.45, 2.75) is 34.2 Å². The Morgan fingerprint density at radius 2 is 2.00 bits per heavy atom. The molecule has 31 heavy (non-hydrogen) atoms. The second-order valence-corrected chi connectivity index (χ2v) is 8.84. The number of anilines is 1. The smallest absolute Gasteiger partial charge is 0.256 e. The SMILES string of the molecule is Cc1ccc(OCC(C)C)c(Cn2nc(NC(=O)c3ccc4snnc4c3)cc2C)c1. The van der Waals surface area contributed by atoms with E-state index in [0.717, 1.165) is 27.3 Å². The zero-order chi connectivity index (χ0) is 22.0. The highest BCUT2D eigenvalue weighted by Crippen LogP contribution is 2.23. The molecule has 0 aliphatic carbocycles. The van der Waals surface area contributed by atoms with Crippen LogP contribution in [0.15, 0.2) is 42.5 Å². The Kier molecular flexibility index (Phi) is 5.99. The van der Waals surface area contributed by atoms with Gasteiger partial charge in [0.15, 0.2) is 5.82 Å². The van der Waals surface area contributed by atoms with Crippen LogP contribution in [0.1, 0.15) is 41.0 Å². The van der Waals surface area contributed by atoms with Gasteiger partial charge < -0.3 is 10.1 Å². The maximum atomic E-state index is 12.7. The first-order valence-corrected chi connectivity index (χ1v) is 11.0. The van der Waals surface area contributed by atoms with Crippen LogP contribution in [0, 0.1) is 19.8 Å². The van der Waals surface area contributed by atoms with Crippen molar-refractivity contribution in [2.24, 2.45) is 5.92 Å². The van der Waals surface area contributed by atoms with Gasteiger partial charge in [-0.3, -0.25) is 9.48 Å². The van der Waals surface area contributed by atoms with Crippen LogP contribution in [0.3, 0.4) is 0 Å². The zero-order valence-corrected chi connectivity index (χ0v) is 18.9. The van der Waals surface area contributed by atoms with Crippen LogP contribution in [0.4, 0.5) is 5.82 Å². The number of rotatable bonds is 7. The molecule has 2 aromatic carbocycles. The third-order valence-corrected chi connectivity index (χ3v) is 5.55. The maximum absolute atomic E-state index is 12.7. The first-order valence-electron chi connectivity index (χ1n) is 10.2. The Balaban J connectivity index is 1.51. The number of amides is 1. The summed E-state index contributed by atoms with van der Waals surface area (Å²) in [5.41, 5.74) is 4.41. The van der Waals surface area contributed by atoms with Gasteiger partial charge in [0, 0.05) is 22.9 Å². The summed E-state index contributed by atoms with van der Waals surface area (Å²) in [6, 6.07) is 13.4. The van der Waals surface area contributed by atoms with Crippen LogP contribution >= 0.6 is 11.5 Å². The van der Waals surface area contributed by atoms with Gasteiger partial charge in [-0.2, -0.15) is 5.10 Å². The number of hydrogen-bond acceptors (Lipinski definition) is 6. The van der Waals surface area contributed by atoms with Gasteiger partial charge in [-0.15, -0.1) is 5.10 Å². The molecule has 4 aromatic rings. The summed E-state index contributed by atoms with van der Waals surface area (Å²) in [5.74, 6) is 1.60. The van der Waals surface area contributed by atoms with Gasteiger partial charge in [0.2, 0.25) is 0 Å². The van der Waals surface area contributed by atoms with Crippen LogP contribution in [-0.4, -0.2) is 31.9 Å². The molecule has 8 heteroatoms. The van der Waals surface area contributed by atoms with Crippen LogP contribution in [0.5, 0.6) is 5.75 Å². The molecule has 1 N–H and O–H groups in total. The van der Waals surface area contributed by atoms with Gasteiger partial charge in [-0.25, -0.2) is 0 Å². The van der Waals surface area contributed by atoms with Gasteiger partial charge >= 0.3 is 0 Å². The normalized spacial score (nSPS) is 11.3. The number of benzene rings is 2. The monoisotopic (exact) mass is 435 g/mol.